The van der Waals surface area contributed by atoms with E-state index in [2.05, 4.69) is 17.6 Å². The fourth-order valence-corrected chi connectivity index (χ4v) is 6.74. The van der Waals surface area contributed by atoms with Gasteiger partial charge in [0.05, 0.1) is 30.1 Å². The summed E-state index contributed by atoms with van der Waals surface area (Å²) in [5, 5.41) is 16.2. The maximum Gasteiger partial charge on any atom is 0.245 e. The van der Waals surface area contributed by atoms with Crippen molar-refractivity contribution in [2.45, 2.75) is 95.5 Å². The lowest BCUT2D eigenvalue weighted by molar-refractivity contribution is -0.151. The highest BCUT2D eigenvalue weighted by Crippen LogP contribution is 2.64. The number of hydrogen-bond donors (Lipinski definition) is 3. The van der Waals surface area contributed by atoms with Crippen LogP contribution in [-0.4, -0.2) is 64.2 Å². The number of aliphatic hydroxyl groups is 1. The normalized spacial score (nSPS) is 31.4. The fraction of sp³-hybridized carbons (Fsp3) is 0.679. The van der Waals surface area contributed by atoms with Crippen LogP contribution in [0.3, 0.4) is 0 Å². The van der Waals surface area contributed by atoms with Crippen molar-refractivity contribution < 1.29 is 24.2 Å². The first-order chi connectivity index (χ1) is 17.4. The number of unbranched alkanes of at least 4 members (excludes halogenated alkanes) is 2. The number of rotatable bonds is 12. The molecule has 2 unspecified atom stereocenters. The standard InChI is InChI=1S/C28H41N3O5/c1-4-7-11-16-29-25(34)23-28-15-14-27(6-3,36-28)21(22(28)26(35)31(23)20(5-2)18-32)24(33)30-17-19-12-9-8-10-13-19/h8-10,12-13,20-23,32H,4-7,11,14-18H2,1-3H3,(H,29,34)(H,30,33)/t20-,21-,22-,23?,27+,28?/m0/s1. The van der Waals surface area contributed by atoms with Gasteiger partial charge in [-0.15, -0.1) is 0 Å². The third kappa shape index (κ3) is 4.32. The molecule has 8 nitrogen and oxygen atoms in total. The zero-order chi connectivity index (χ0) is 25.9. The first kappa shape index (κ1) is 26.6. The van der Waals surface area contributed by atoms with Gasteiger partial charge in [0.15, 0.2) is 0 Å². The van der Waals surface area contributed by atoms with Crippen LogP contribution < -0.4 is 10.6 Å². The van der Waals surface area contributed by atoms with E-state index < -0.39 is 35.1 Å². The summed E-state index contributed by atoms with van der Waals surface area (Å²) in [4.78, 5) is 42.9. The van der Waals surface area contributed by atoms with Crippen molar-refractivity contribution in [2.24, 2.45) is 11.8 Å². The lowest BCUT2D eigenvalue weighted by Crippen LogP contribution is -2.58. The second kappa shape index (κ2) is 10.9. The van der Waals surface area contributed by atoms with Crippen LogP contribution in [0.1, 0.15) is 71.3 Å². The smallest absolute Gasteiger partial charge is 0.245 e. The number of carbonyl (C=O) groups excluding carboxylic acids is 3. The van der Waals surface area contributed by atoms with E-state index in [4.69, 9.17) is 4.74 Å². The summed E-state index contributed by atoms with van der Waals surface area (Å²) in [6.07, 6.45) is 5.18. The maximum atomic E-state index is 14.0. The highest BCUT2D eigenvalue weighted by molar-refractivity contribution is 5.99. The molecule has 3 amide bonds. The Balaban J connectivity index is 1.66. The first-order valence-electron chi connectivity index (χ1n) is 13.6. The topological polar surface area (TPSA) is 108 Å². The second-order valence-electron chi connectivity index (χ2n) is 10.5. The van der Waals surface area contributed by atoms with E-state index in [1.165, 1.54) is 0 Å². The van der Waals surface area contributed by atoms with Crippen molar-refractivity contribution in [1.29, 1.82) is 0 Å². The van der Waals surface area contributed by atoms with E-state index in [0.29, 0.717) is 38.8 Å². The van der Waals surface area contributed by atoms with E-state index in [0.717, 1.165) is 24.8 Å². The third-order valence-corrected chi connectivity index (χ3v) is 8.61. The quantitative estimate of drug-likeness (QED) is 0.383. The highest BCUT2D eigenvalue weighted by Gasteiger charge is 2.79. The van der Waals surface area contributed by atoms with Crippen molar-refractivity contribution in [3.63, 3.8) is 0 Å². The van der Waals surface area contributed by atoms with Crippen LogP contribution in [0.25, 0.3) is 0 Å². The minimum Gasteiger partial charge on any atom is -0.394 e. The largest absolute Gasteiger partial charge is 0.394 e. The molecule has 4 rings (SSSR count). The summed E-state index contributed by atoms with van der Waals surface area (Å²) in [6.45, 7) is 6.64. The molecule has 3 aliphatic heterocycles. The summed E-state index contributed by atoms with van der Waals surface area (Å²) in [5.41, 5.74) is -0.848. The zero-order valence-corrected chi connectivity index (χ0v) is 21.8. The molecule has 1 aromatic rings. The van der Waals surface area contributed by atoms with Gasteiger partial charge in [0.2, 0.25) is 17.7 Å². The molecule has 8 heteroatoms. The minimum absolute atomic E-state index is 0.207. The van der Waals surface area contributed by atoms with Crippen LogP contribution in [-0.2, 0) is 25.7 Å². The molecule has 198 valence electrons. The van der Waals surface area contributed by atoms with E-state index in [1.807, 2.05) is 44.2 Å². The summed E-state index contributed by atoms with van der Waals surface area (Å²) in [7, 11) is 0. The third-order valence-electron chi connectivity index (χ3n) is 8.61. The molecule has 3 heterocycles. The molecule has 0 saturated carbocycles. The van der Waals surface area contributed by atoms with Crippen LogP contribution >= 0.6 is 0 Å². The highest BCUT2D eigenvalue weighted by atomic mass is 16.5. The molecule has 3 aliphatic rings. The van der Waals surface area contributed by atoms with Crippen molar-refractivity contribution in [3.8, 4) is 0 Å². The minimum atomic E-state index is -1.06. The Morgan fingerprint density at radius 2 is 1.86 bits per heavy atom. The first-order valence-corrected chi connectivity index (χ1v) is 13.6. The van der Waals surface area contributed by atoms with Crippen LogP contribution in [0.15, 0.2) is 30.3 Å². The van der Waals surface area contributed by atoms with Crippen molar-refractivity contribution in [2.75, 3.05) is 13.2 Å². The van der Waals surface area contributed by atoms with Crippen LogP contribution in [0, 0.1) is 11.8 Å². The van der Waals surface area contributed by atoms with Gasteiger partial charge in [-0.2, -0.15) is 0 Å². The average molecular weight is 500 g/mol. The Hall–Kier alpha value is -2.45. The molecule has 1 spiro atoms. The Bertz CT molecular complexity index is 952. The Morgan fingerprint density at radius 1 is 1.11 bits per heavy atom. The Kier molecular flexibility index (Phi) is 8.05. The molecule has 0 aromatic heterocycles. The molecule has 1 aromatic carbocycles. The summed E-state index contributed by atoms with van der Waals surface area (Å²) in [6, 6.07) is 8.31. The number of nitrogens with one attached hydrogen (secondary N) is 2. The van der Waals surface area contributed by atoms with Crippen LogP contribution in [0.2, 0.25) is 0 Å². The molecule has 3 saturated heterocycles. The van der Waals surface area contributed by atoms with Crippen molar-refractivity contribution in [1.82, 2.24) is 15.5 Å². The monoisotopic (exact) mass is 499 g/mol. The number of ether oxygens (including phenoxy) is 1. The number of amides is 3. The van der Waals surface area contributed by atoms with Gasteiger partial charge in [-0.1, -0.05) is 63.9 Å². The van der Waals surface area contributed by atoms with Gasteiger partial charge >= 0.3 is 0 Å². The van der Waals surface area contributed by atoms with Crippen molar-refractivity contribution >= 4 is 17.7 Å². The van der Waals surface area contributed by atoms with E-state index in [1.54, 1.807) is 4.90 Å². The van der Waals surface area contributed by atoms with Gasteiger partial charge in [-0.25, -0.2) is 0 Å². The van der Waals surface area contributed by atoms with Gasteiger partial charge in [-0.05, 0) is 37.7 Å². The molecular weight excluding hydrogens is 458 g/mol. The fourth-order valence-electron chi connectivity index (χ4n) is 6.74. The van der Waals surface area contributed by atoms with E-state index in [9.17, 15) is 19.5 Å². The second-order valence-corrected chi connectivity index (χ2v) is 10.5. The predicted octanol–water partition coefficient (Wildman–Crippen LogP) is 2.53. The number of benzene rings is 1. The number of carbonyl (C=O) groups is 3. The predicted molar refractivity (Wildman–Crippen MR) is 136 cm³/mol. The molecule has 3 fully saturated rings. The Morgan fingerprint density at radius 3 is 2.50 bits per heavy atom. The number of fused-ring (bicyclic) bond motifs is 1. The zero-order valence-electron chi connectivity index (χ0n) is 21.8. The number of likely N-dealkylation sites (tertiary alicyclic amines) is 1. The number of hydrogen-bond acceptors (Lipinski definition) is 5. The molecule has 2 bridgehead atoms. The maximum absolute atomic E-state index is 14.0. The Labute approximate surface area is 214 Å². The SMILES string of the molecule is CCCCCNC(=O)C1N([C@@H](CC)CO)C(=O)[C@@H]2[C@@H](C(=O)NCc3ccccc3)[C@@]3(CC)CCC12O3. The van der Waals surface area contributed by atoms with Crippen molar-refractivity contribution in [3.05, 3.63) is 35.9 Å². The lowest BCUT2D eigenvalue weighted by Gasteiger charge is -2.37. The summed E-state index contributed by atoms with van der Waals surface area (Å²) >= 11 is 0. The van der Waals surface area contributed by atoms with E-state index in [-0.39, 0.29) is 24.3 Å². The summed E-state index contributed by atoms with van der Waals surface area (Å²) in [5.74, 6) is -2.12. The van der Waals surface area contributed by atoms with Gasteiger partial charge in [0, 0.05) is 13.1 Å². The number of nitrogens with zero attached hydrogens (tertiary/aromatic N) is 1. The molecule has 0 radical (unpaired) electrons. The lowest BCUT2D eigenvalue weighted by atomic mass is 9.65. The molecule has 36 heavy (non-hydrogen) atoms. The van der Waals surface area contributed by atoms with Gasteiger partial charge in [0.1, 0.15) is 11.6 Å². The molecule has 6 atom stereocenters. The number of aliphatic hydroxyl groups excluding tert-OH is 1. The van der Waals surface area contributed by atoms with Crippen LogP contribution in [0.5, 0.6) is 0 Å². The molecule has 3 N–H and O–H groups in total. The average Bonchev–Trinajstić information content (AvgIpc) is 3.50. The molecule has 0 aliphatic carbocycles. The van der Waals surface area contributed by atoms with Gasteiger partial charge in [0.25, 0.3) is 0 Å². The molecular formula is C28H41N3O5. The van der Waals surface area contributed by atoms with Crippen LogP contribution in [0.4, 0.5) is 0 Å². The van der Waals surface area contributed by atoms with Gasteiger partial charge in [-0.3, -0.25) is 14.4 Å². The van der Waals surface area contributed by atoms with E-state index >= 15 is 0 Å². The van der Waals surface area contributed by atoms with Gasteiger partial charge < -0.3 is 25.4 Å². The summed E-state index contributed by atoms with van der Waals surface area (Å²) < 4.78 is 6.74.